The molecule has 0 unspecified atom stereocenters. The van der Waals surface area contributed by atoms with Crippen molar-refractivity contribution in [2.45, 2.75) is 0 Å². The number of nitrogens with zero attached hydrogens (tertiary/aromatic N) is 1. The third-order valence-corrected chi connectivity index (χ3v) is 7.81. The maximum atomic E-state index is 6.89. The van der Waals surface area contributed by atoms with Gasteiger partial charge in [-0.15, -0.1) is 0 Å². The number of benzene rings is 6. The van der Waals surface area contributed by atoms with Crippen LogP contribution in [0.2, 0.25) is 0 Å². The van der Waals surface area contributed by atoms with Gasteiger partial charge in [-0.1, -0.05) is 121 Å². The van der Waals surface area contributed by atoms with Gasteiger partial charge in [0.15, 0.2) is 0 Å². The highest BCUT2D eigenvalue weighted by Gasteiger charge is 2.21. The van der Waals surface area contributed by atoms with Gasteiger partial charge in [0.2, 0.25) is 0 Å². The van der Waals surface area contributed by atoms with Crippen LogP contribution in [-0.4, -0.2) is 4.57 Å². The lowest BCUT2D eigenvalue weighted by atomic mass is 9.99. The summed E-state index contributed by atoms with van der Waals surface area (Å²) >= 11 is 0. The molecule has 2 heteroatoms. The highest BCUT2D eigenvalue weighted by atomic mass is 16.3. The molecule has 0 fully saturated rings. The van der Waals surface area contributed by atoms with Crippen LogP contribution in [-0.2, 0) is 0 Å². The summed E-state index contributed by atoms with van der Waals surface area (Å²) in [5.41, 5.74) is 8.04. The van der Waals surface area contributed by atoms with Gasteiger partial charge in [-0.3, -0.25) is 0 Å². The van der Waals surface area contributed by atoms with Gasteiger partial charge in [-0.05, 0) is 41.5 Å². The topological polar surface area (TPSA) is 18.1 Å². The van der Waals surface area contributed by atoms with E-state index in [0.717, 1.165) is 44.6 Å². The molecular weight excluding hydrogens is 486 g/mol. The zero-order valence-electron chi connectivity index (χ0n) is 21.8. The van der Waals surface area contributed by atoms with Crippen LogP contribution in [0.25, 0.3) is 72.0 Å². The highest BCUT2D eigenvalue weighted by Crippen LogP contribution is 2.44. The summed E-state index contributed by atoms with van der Waals surface area (Å²) in [5.74, 6) is 1.80. The molecule has 0 N–H and O–H groups in total. The molecule has 0 saturated carbocycles. The third-order valence-electron chi connectivity index (χ3n) is 7.81. The first-order valence-corrected chi connectivity index (χ1v) is 13.6. The zero-order valence-corrected chi connectivity index (χ0v) is 21.8. The van der Waals surface area contributed by atoms with Gasteiger partial charge in [0.05, 0.1) is 11.0 Å². The van der Waals surface area contributed by atoms with Crippen molar-refractivity contribution in [3.8, 4) is 39.5 Å². The SMILES string of the molecule is c1ccc(-c2cccc(-c3oc(-c4cccc5c4c4ccccc4n5-c4ccccc4)c4ccccc34)c2)cc1. The monoisotopic (exact) mass is 511 g/mol. The summed E-state index contributed by atoms with van der Waals surface area (Å²) in [4.78, 5) is 0. The van der Waals surface area contributed by atoms with Crippen molar-refractivity contribution < 1.29 is 4.42 Å². The number of hydrogen-bond donors (Lipinski definition) is 0. The van der Waals surface area contributed by atoms with Crippen molar-refractivity contribution in [2.24, 2.45) is 0 Å². The fourth-order valence-electron chi connectivity index (χ4n) is 6.04. The number of para-hydroxylation sites is 2. The van der Waals surface area contributed by atoms with E-state index in [1.807, 2.05) is 0 Å². The van der Waals surface area contributed by atoms with E-state index in [1.165, 1.54) is 27.4 Å². The summed E-state index contributed by atoms with van der Waals surface area (Å²) in [6.45, 7) is 0. The van der Waals surface area contributed by atoms with E-state index >= 15 is 0 Å². The second-order valence-corrected chi connectivity index (χ2v) is 10.1. The molecule has 0 saturated heterocycles. The quantitative estimate of drug-likeness (QED) is 0.230. The highest BCUT2D eigenvalue weighted by molar-refractivity contribution is 6.18. The average molecular weight is 512 g/mol. The van der Waals surface area contributed by atoms with E-state index < -0.39 is 0 Å². The van der Waals surface area contributed by atoms with E-state index in [-0.39, 0.29) is 0 Å². The molecular formula is C38H25NO. The van der Waals surface area contributed by atoms with Crippen molar-refractivity contribution in [1.29, 1.82) is 0 Å². The predicted molar refractivity (Wildman–Crippen MR) is 167 cm³/mol. The Balaban J connectivity index is 1.40. The molecule has 2 heterocycles. The van der Waals surface area contributed by atoms with Crippen LogP contribution in [0, 0.1) is 0 Å². The molecule has 40 heavy (non-hydrogen) atoms. The van der Waals surface area contributed by atoms with Gasteiger partial charge >= 0.3 is 0 Å². The van der Waals surface area contributed by atoms with Crippen LogP contribution in [0.3, 0.4) is 0 Å². The predicted octanol–water partition coefficient (Wildman–Crippen LogP) is 10.5. The summed E-state index contributed by atoms with van der Waals surface area (Å²) in [7, 11) is 0. The van der Waals surface area contributed by atoms with E-state index in [0.29, 0.717) is 0 Å². The number of aromatic nitrogens is 1. The first-order valence-electron chi connectivity index (χ1n) is 13.6. The summed E-state index contributed by atoms with van der Waals surface area (Å²) < 4.78 is 9.24. The Hall–Kier alpha value is -5.34. The zero-order chi connectivity index (χ0) is 26.5. The van der Waals surface area contributed by atoms with Crippen molar-refractivity contribution in [3.63, 3.8) is 0 Å². The fourth-order valence-corrected chi connectivity index (χ4v) is 6.04. The molecule has 8 rings (SSSR count). The Bertz CT molecular complexity index is 2150. The standard InChI is InChI=1S/C38H25NO/c1-3-13-26(14-4-1)27-15-11-16-28(25-27)37-30-19-7-8-20-31(30)38(40-37)33-22-12-24-35-36(33)32-21-9-10-23-34(32)39(35)29-17-5-2-6-18-29/h1-25H. The maximum absolute atomic E-state index is 6.89. The van der Waals surface area contributed by atoms with Crippen LogP contribution >= 0.6 is 0 Å². The van der Waals surface area contributed by atoms with Crippen molar-refractivity contribution in [3.05, 3.63) is 152 Å². The van der Waals surface area contributed by atoms with Crippen LogP contribution in [0.4, 0.5) is 0 Å². The largest absolute Gasteiger partial charge is 0.455 e. The van der Waals surface area contributed by atoms with Crippen molar-refractivity contribution in [2.75, 3.05) is 0 Å². The molecule has 0 aliphatic heterocycles. The minimum absolute atomic E-state index is 0.896. The van der Waals surface area contributed by atoms with Gasteiger partial charge < -0.3 is 8.98 Å². The molecule has 0 radical (unpaired) electrons. The second kappa shape index (κ2) is 9.14. The van der Waals surface area contributed by atoms with E-state index in [9.17, 15) is 0 Å². The Labute approximate surface area is 232 Å². The molecule has 0 spiro atoms. The number of fused-ring (bicyclic) bond motifs is 4. The van der Waals surface area contributed by atoms with E-state index in [2.05, 4.69) is 156 Å². The van der Waals surface area contributed by atoms with Gasteiger partial charge in [0, 0.05) is 38.4 Å². The number of furan rings is 1. The summed E-state index contributed by atoms with van der Waals surface area (Å²) in [6.07, 6.45) is 0. The second-order valence-electron chi connectivity index (χ2n) is 10.1. The molecule has 0 bridgehead atoms. The van der Waals surface area contributed by atoms with Gasteiger partial charge in [0.1, 0.15) is 11.5 Å². The van der Waals surface area contributed by atoms with Gasteiger partial charge in [0.25, 0.3) is 0 Å². The Morgan fingerprint density at radius 2 is 0.975 bits per heavy atom. The summed E-state index contributed by atoms with van der Waals surface area (Å²) in [6, 6.07) is 53.4. The van der Waals surface area contributed by atoms with E-state index in [4.69, 9.17) is 4.42 Å². The van der Waals surface area contributed by atoms with Crippen molar-refractivity contribution in [1.82, 2.24) is 4.57 Å². The minimum atomic E-state index is 0.896. The lowest BCUT2D eigenvalue weighted by Crippen LogP contribution is -1.92. The lowest BCUT2D eigenvalue weighted by Gasteiger charge is -2.08. The van der Waals surface area contributed by atoms with E-state index in [1.54, 1.807) is 0 Å². The lowest BCUT2D eigenvalue weighted by molar-refractivity contribution is 0.602. The summed E-state index contributed by atoms with van der Waals surface area (Å²) in [5, 5.41) is 4.65. The van der Waals surface area contributed by atoms with Crippen molar-refractivity contribution >= 4 is 32.6 Å². The molecule has 0 aliphatic rings. The molecule has 2 nitrogen and oxygen atoms in total. The first-order chi connectivity index (χ1) is 19.9. The smallest absolute Gasteiger partial charge is 0.143 e. The molecule has 0 amide bonds. The Morgan fingerprint density at radius 3 is 1.77 bits per heavy atom. The van der Waals surface area contributed by atoms with Crippen LogP contribution in [0.5, 0.6) is 0 Å². The molecule has 8 aromatic rings. The molecule has 188 valence electrons. The maximum Gasteiger partial charge on any atom is 0.143 e. The minimum Gasteiger partial charge on any atom is -0.455 e. The molecule has 6 aromatic carbocycles. The van der Waals surface area contributed by atoms with Crippen LogP contribution in [0.15, 0.2) is 156 Å². The number of rotatable bonds is 4. The molecule has 2 aromatic heterocycles. The van der Waals surface area contributed by atoms with Crippen LogP contribution in [0.1, 0.15) is 0 Å². The fraction of sp³-hybridized carbons (Fsp3) is 0. The molecule has 0 atom stereocenters. The first kappa shape index (κ1) is 22.6. The molecule has 0 aliphatic carbocycles. The van der Waals surface area contributed by atoms with Crippen LogP contribution < -0.4 is 0 Å². The normalized spacial score (nSPS) is 11.5. The number of hydrogen-bond acceptors (Lipinski definition) is 1. The van der Waals surface area contributed by atoms with Gasteiger partial charge in [-0.25, -0.2) is 0 Å². The Morgan fingerprint density at radius 1 is 0.400 bits per heavy atom. The third kappa shape index (κ3) is 3.50. The Kier molecular flexibility index (Phi) is 5.17. The van der Waals surface area contributed by atoms with Gasteiger partial charge in [-0.2, -0.15) is 0 Å². The average Bonchev–Trinajstić information content (AvgIpc) is 3.59.